The highest BCUT2D eigenvalue weighted by molar-refractivity contribution is 5.95. The third-order valence-corrected chi connectivity index (χ3v) is 3.96. The Hall–Kier alpha value is -3.41. The van der Waals surface area contributed by atoms with Gasteiger partial charge in [0.2, 0.25) is 0 Å². The highest BCUT2D eigenvalue weighted by atomic mass is 18.2. The fourth-order valence-corrected chi connectivity index (χ4v) is 2.66. The second kappa shape index (κ2) is 8.80. The molecule has 1 amide bonds. The van der Waals surface area contributed by atoms with Gasteiger partial charge in [-0.2, -0.15) is 0 Å². The topological polar surface area (TPSA) is 51.7 Å². The second-order valence-corrected chi connectivity index (χ2v) is 5.68. The van der Waals surface area contributed by atoms with Crippen molar-refractivity contribution in [3.63, 3.8) is 0 Å². The molecule has 1 aromatic heterocycles. The lowest BCUT2D eigenvalue weighted by Crippen LogP contribution is -2.32. The Bertz CT molecular complexity index is 903. The van der Waals surface area contributed by atoms with E-state index in [2.05, 4.69) is 4.98 Å². The Morgan fingerprint density at radius 1 is 1.04 bits per heavy atom. The van der Waals surface area contributed by atoms with E-state index in [-0.39, 0.29) is 6.54 Å². The molecule has 2 aromatic carbocycles. The summed E-state index contributed by atoms with van der Waals surface area (Å²) in [6, 6.07) is 18.1. The Morgan fingerprint density at radius 3 is 2.52 bits per heavy atom. The van der Waals surface area contributed by atoms with Gasteiger partial charge in [0.15, 0.2) is 12.4 Å². The smallest absolute Gasteiger partial charge is 0.258 e. The highest BCUT2D eigenvalue weighted by Gasteiger charge is 2.22. The van der Waals surface area contributed by atoms with Gasteiger partial charge < -0.3 is 14.4 Å². The van der Waals surface area contributed by atoms with Crippen LogP contribution in [0.2, 0.25) is 0 Å². The fraction of sp³-hybridized carbons (Fsp3) is 0.143. The summed E-state index contributed by atoms with van der Waals surface area (Å²) in [5, 5.41) is 0. The Kier molecular flexibility index (Phi) is 5.99. The van der Waals surface area contributed by atoms with E-state index in [1.807, 2.05) is 36.4 Å². The van der Waals surface area contributed by atoms with Crippen molar-refractivity contribution in [1.29, 1.82) is 0 Å². The summed E-state index contributed by atoms with van der Waals surface area (Å²) in [4.78, 5) is 17.7. The molecule has 0 aliphatic rings. The van der Waals surface area contributed by atoms with Crippen molar-refractivity contribution in [3.8, 4) is 17.2 Å². The molecule has 0 radical (unpaired) electrons. The zero-order valence-electron chi connectivity index (χ0n) is 14.8. The van der Waals surface area contributed by atoms with Crippen LogP contribution in [-0.4, -0.2) is 24.7 Å². The second-order valence-electron chi connectivity index (χ2n) is 5.68. The molecule has 5 nitrogen and oxygen atoms in total. The number of hydrogen-bond donors (Lipinski definition) is 0. The van der Waals surface area contributed by atoms with Gasteiger partial charge in [-0.15, -0.1) is 0 Å². The maximum atomic E-state index is 13.3. The van der Waals surface area contributed by atoms with Crippen LogP contribution in [-0.2, 0) is 11.3 Å². The van der Waals surface area contributed by atoms with Crippen molar-refractivity contribution in [2.45, 2.75) is 6.54 Å². The number of halogens is 1. The molecule has 0 saturated carbocycles. The van der Waals surface area contributed by atoms with Crippen LogP contribution >= 0.6 is 0 Å². The molecule has 3 aromatic rings. The van der Waals surface area contributed by atoms with E-state index in [4.69, 9.17) is 9.47 Å². The van der Waals surface area contributed by atoms with Crippen LogP contribution in [0.5, 0.6) is 17.2 Å². The molecule has 0 atom stereocenters. The lowest BCUT2D eigenvalue weighted by molar-refractivity contribution is -0.119. The number of methoxy groups -OCH3 is 1. The average molecular weight is 365 g/mol. The molecule has 0 unspecified atom stereocenters. The van der Waals surface area contributed by atoms with E-state index in [0.717, 1.165) is 5.56 Å². The molecule has 27 heavy (non-hydrogen) atoms. The number of anilines is 1. The van der Waals surface area contributed by atoms with E-state index in [0.29, 0.717) is 22.9 Å². The van der Waals surface area contributed by atoms with Crippen LogP contribution in [0.3, 0.4) is 0 Å². The summed E-state index contributed by atoms with van der Waals surface area (Å²) in [5.74, 6) is 0.943. The normalized spacial score (nSPS) is 10.3. The molecular formula is C21H19FN2O3. The van der Waals surface area contributed by atoms with Gasteiger partial charge in [0.25, 0.3) is 5.91 Å². The zero-order chi connectivity index (χ0) is 19.1. The molecule has 0 aliphatic heterocycles. The third-order valence-electron chi connectivity index (χ3n) is 3.96. The van der Waals surface area contributed by atoms with Gasteiger partial charge in [0, 0.05) is 17.8 Å². The van der Waals surface area contributed by atoms with Crippen LogP contribution in [0.15, 0.2) is 73.1 Å². The average Bonchev–Trinajstić information content (AvgIpc) is 2.73. The Morgan fingerprint density at radius 2 is 1.78 bits per heavy atom. The first-order chi connectivity index (χ1) is 13.2. The van der Waals surface area contributed by atoms with Gasteiger partial charge in [0.05, 0.1) is 19.9 Å². The number of ether oxygens (including phenoxy) is 2. The predicted octanol–water partition coefficient (Wildman–Crippen LogP) is 4.39. The van der Waals surface area contributed by atoms with Crippen molar-refractivity contribution in [3.05, 3.63) is 78.6 Å². The maximum Gasteiger partial charge on any atom is 0.258 e. The molecule has 1 heterocycles. The zero-order valence-corrected chi connectivity index (χ0v) is 14.8. The highest BCUT2D eigenvalue weighted by Crippen LogP contribution is 2.33. The van der Waals surface area contributed by atoms with Crippen molar-refractivity contribution >= 4 is 11.6 Å². The lowest BCUT2D eigenvalue weighted by Gasteiger charge is -2.24. The number of pyridine rings is 1. The monoisotopic (exact) mass is 365 g/mol. The first-order valence-corrected chi connectivity index (χ1v) is 8.38. The van der Waals surface area contributed by atoms with Gasteiger partial charge in [-0.1, -0.05) is 36.4 Å². The van der Waals surface area contributed by atoms with E-state index in [1.165, 1.54) is 11.1 Å². The van der Waals surface area contributed by atoms with Crippen molar-refractivity contribution in [1.82, 2.24) is 4.98 Å². The number of amides is 1. The standard InChI is InChI=1S/C21H19FN2O3/c1-26-19-10-6-5-7-16(19)15-24(21(25)13-22)18-14-23-12-11-20(18)27-17-8-3-2-4-9-17/h2-12,14H,13,15H2,1H3/i22-1. The molecule has 3 rings (SSSR count). The van der Waals surface area contributed by atoms with E-state index >= 15 is 0 Å². The van der Waals surface area contributed by atoms with Crippen LogP contribution in [0.25, 0.3) is 0 Å². The fourth-order valence-electron chi connectivity index (χ4n) is 2.66. The number of carbonyl (C=O) groups excluding carboxylic acids is 1. The van der Waals surface area contributed by atoms with E-state index in [1.54, 1.807) is 37.6 Å². The summed E-state index contributed by atoms with van der Waals surface area (Å²) in [6.07, 6.45) is 3.05. The molecule has 0 bridgehead atoms. The summed E-state index contributed by atoms with van der Waals surface area (Å²) >= 11 is 0. The number of para-hydroxylation sites is 2. The minimum absolute atomic E-state index is 0.129. The SMILES string of the molecule is COc1ccccc1CN(C(=O)C[18F])c1cnccc1Oc1ccccc1. The summed E-state index contributed by atoms with van der Waals surface area (Å²) < 4.78 is 24.5. The minimum atomic E-state index is -1.13. The molecule has 0 aliphatic carbocycles. The van der Waals surface area contributed by atoms with Gasteiger partial charge in [-0.25, -0.2) is 4.39 Å². The van der Waals surface area contributed by atoms with Crippen LogP contribution in [0, 0.1) is 0 Å². The van der Waals surface area contributed by atoms with E-state index < -0.39 is 12.6 Å². The Balaban J connectivity index is 1.97. The molecule has 0 saturated heterocycles. The number of benzene rings is 2. The van der Waals surface area contributed by atoms with Gasteiger partial charge in [-0.3, -0.25) is 9.78 Å². The predicted molar refractivity (Wildman–Crippen MR) is 101 cm³/mol. The van der Waals surface area contributed by atoms with Crippen molar-refractivity contribution in [2.75, 3.05) is 18.7 Å². The quantitative estimate of drug-likeness (QED) is 0.623. The third kappa shape index (κ3) is 4.41. The van der Waals surface area contributed by atoms with Crippen LogP contribution < -0.4 is 14.4 Å². The van der Waals surface area contributed by atoms with E-state index in [9.17, 15) is 9.18 Å². The molecule has 138 valence electrons. The first kappa shape index (κ1) is 18.4. The van der Waals surface area contributed by atoms with Gasteiger partial charge in [0.1, 0.15) is 17.2 Å². The lowest BCUT2D eigenvalue weighted by atomic mass is 10.1. The molecule has 0 fully saturated rings. The molecular weight excluding hydrogens is 346 g/mol. The van der Waals surface area contributed by atoms with Gasteiger partial charge >= 0.3 is 0 Å². The first-order valence-electron chi connectivity index (χ1n) is 8.38. The summed E-state index contributed by atoms with van der Waals surface area (Å²) in [6.45, 7) is -1.00. The molecule has 6 heteroatoms. The van der Waals surface area contributed by atoms with Crippen molar-refractivity contribution in [2.24, 2.45) is 0 Å². The number of nitrogens with zero attached hydrogens (tertiary/aromatic N) is 2. The van der Waals surface area contributed by atoms with Gasteiger partial charge in [-0.05, 0) is 18.2 Å². The maximum absolute atomic E-state index is 13.3. The number of carbonyl (C=O) groups is 1. The van der Waals surface area contributed by atoms with Crippen LogP contribution in [0.1, 0.15) is 5.56 Å². The number of hydrogen-bond acceptors (Lipinski definition) is 4. The number of aromatic nitrogens is 1. The minimum Gasteiger partial charge on any atom is -0.496 e. The molecule has 0 spiro atoms. The largest absolute Gasteiger partial charge is 0.496 e. The number of rotatable bonds is 7. The summed E-state index contributed by atoms with van der Waals surface area (Å²) in [7, 11) is 1.55. The Labute approximate surface area is 157 Å². The summed E-state index contributed by atoms with van der Waals surface area (Å²) in [5.41, 5.74) is 1.13. The molecule has 0 N–H and O–H groups in total. The number of alkyl halides is 1. The van der Waals surface area contributed by atoms with Crippen molar-refractivity contribution < 1.29 is 18.7 Å². The van der Waals surface area contributed by atoms with Crippen LogP contribution in [0.4, 0.5) is 10.1 Å².